The fourth-order valence-corrected chi connectivity index (χ4v) is 1.04. The summed E-state index contributed by atoms with van der Waals surface area (Å²) in [6.07, 6.45) is 2.61. The molecule has 1 aliphatic rings. The van der Waals surface area contributed by atoms with Crippen molar-refractivity contribution in [3.8, 4) is 0 Å². The number of rotatable bonds is 4. The third-order valence-corrected chi connectivity index (χ3v) is 1.53. The van der Waals surface area contributed by atoms with E-state index >= 15 is 0 Å². The summed E-state index contributed by atoms with van der Waals surface area (Å²) in [5.74, 6) is 0. The molecule has 0 saturated carbocycles. The van der Waals surface area contributed by atoms with Gasteiger partial charge in [0.25, 0.3) is 0 Å². The summed E-state index contributed by atoms with van der Waals surface area (Å²) < 4.78 is 15.2. The van der Waals surface area contributed by atoms with Crippen LogP contribution in [0.1, 0.15) is 12.8 Å². The lowest BCUT2D eigenvalue weighted by Crippen LogP contribution is -2.14. The van der Waals surface area contributed by atoms with Crippen LogP contribution in [0.3, 0.4) is 0 Å². The molecule has 1 unspecified atom stereocenters. The van der Waals surface area contributed by atoms with Gasteiger partial charge in [0.1, 0.15) is 6.79 Å². The van der Waals surface area contributed by atoms with Crippen LogP contribution in [0.4, 0.5) is 0 Å². The summed E-state index contributed by atoms with van der Waals surface area (Å²) in [5, 5.41) is 0. The van der Waals surface area contributed by atoms with Crippen LogP contribution in [0.15, 0.2) is 0 Å². The Morgan fingerprint density at radius 2 is 2.50 bits per heavy atom. The maximum absolute atomic E-state index is 5.32. The Hall–Kier alpha value is -0.120. The molecular weight excluding hydrogens is 132 g/mol. The van der Waals surface area contributed by atoms with Gasteiger partial charge in [-0.25, -0.2) is 0 Å². The lowest BCUT2D eigenvalue weighted by Gasteiger charge is -2.08. The highest BCUT2D eigenvalue weighted by Crippen LogP contribution is 2.11. The van der Waals surface area contributed by atoms with Gasteiger partial charge in [-0.2, -0.15) is 0 Å². The molecule has 3 heteroatoms. The summed E-state index contributed by atoms with van der Waals surface area (Å²) in [6.45, 7) is 1.94. The van der Waals surface area contributed by atoms with E-state index < -0.39 is 0 Å². The van der Waals surface area contributed by atoms with Gasteiger partial charge in [-0.1, -0.05) is 0 Å². The Morgan fingerprint density at radius 1 is 1.60 bits per heavy atom. The maximum Gasteiger partial charge on any atom is 0.146 e. The molecule has 0 N–H and O–H groups in total. The van der Waals surface area contributed by atoms with Gasteiger partial charge >= 0.3 is 0 Å². The molecule has 10 heavy (non-hydrogen) atoms. The zero-order chi connectivity index (χ0) is 7.23. The van der Waals surface area contributed by atoms with Crippen molar-refractivity contribution in [2.75, 3.05) is 27.1 Å². The van der Waals surface area contributed by atoms with E-state index in [9.17, 15) is 0 Å². The zero-order valence-electron chi connectivity index (χ0n) is 6.34. The molecule has 0 bridgehead atoms. The highest BCUT2D eigenvalue weighted by atomic mass is 16.7. The van der Waals surface area contributed by atoms with Gasteiger partial charge < -0.3 is 14.2 Å². The van der Waals surface area contributed by atoms with Gasteiger partial charge in [0, 0.05) is 13.7 Å². The normalized spacial score (nSPS) is 25.5. The van der Waals surface area contributed by atoms with E-state index in [0.29, 0.717) is 19.5 Å². The van der Waals surface area contributed by atoms with Gasteiger partial charge in [0.2, 0.25) is 0 Å². The monoisotopic (exact) mass is 146 g/mol. The second kappa shape index (κ2) is 4.66. The van der Waals surface area contributed by atoms with Crippen LogP contribution in [-0.4, -0.2) is 33.2 Å². The first kappa shape index (κ1) is 7.98. The molecule has 60 valence electrons. The van der Waals surface area contributed by atoms with Gasteiger partial charge in [-0.15, -0.1) is 0 Å². The van der Waals surface area contributed by atoms with E-state index in [1.165, 1.54) is 6.42 Å². The SMILES string of the molecule is COCOCC1CCCO1. The van der Waals surface area contributed by atoms with Crippen molar-refractivity contribution in [2.24, 2.45) is 0 Å². The van der Waals surface area contributed by atoms with E-state index in [1.54, 1.807) is 7.11 Å². The Bertz CT molecular complexity index is 78.9. The molecule has 1 heterocycles. The topological polar surface area (TPSA) is 27.7 Å². The Morgan fingerprint density at radius 3 is 3.10 bits per heavy atom. The van der Waals surface area contributed by atoms with Crippen molar-refractivity contribution in [3.63, 3.8) is 0 Å². The van der Waals surface area contributed by atoms with Crippen molar-refractivity contribution in [1.82, 2.24) is 0 Å². The van der Waals surface area contributed by atoms with E-state index in [-0.39, 0.29) is 0 Å². The minimum absolute atomic E-state index is 0.315. The second-order valence-corrected chi connectivity index (χ2v) is 2.41. The third-order valence-electron chi connectivity index (χ3n) is 1.53. The first-order chi connectivity index (χ1) is 4.93. The smallest absolute Gasteiger partial charge is 0.146 e. The molecular formula is C7H14O3. The average molecular weight is 146 g/mol. The van der Waals surface area contributed by atoms with Crippen LogP contribution in [0.5, 0.6) is 0 Å². The molecule has 0 aromatic heterocycles. The molecule has 0 aliphatic carbocycles. The summed E-state index contributed by atoms with van der Waals surface area (Å²) >= 11 is 0. The van der Waals surface area contributed by atoms with Crippen molar-refractivity contribution in [2.45, 2.75) is 18.9 Å². The molecule has 1 saturated heterocycles. The van der Waals surface area contributed by atoms with Crippen molar-refractivity contribution < 1.29 is 14.2 Å². The van der Waals surface area contributed by atoms with Crippen molar-refractivity contribution >= 4 is 0 Å². The Balaban J connectivity index is 1.91. The predicted molar refractivity (Wildman–Crippen MR) is 36.8 cm³/mol. The molecule has 1 aliphatic heterocycles. The summed E-state index contributed by atoms with van der Waals surface area (Å²) in [7, 11) is 1.62. The second-order valence-electron chi connectivity index (χ2n) is 2.41. The van der Waals surface area contributed by atoms with Gasteiger partial charge in [0.05, 0.1) is 12.7 Å². The first-order valence-corrected chi connectivity index (χ1v) is 3.62. The highest BCUT2D eigenvalue weighted by Gasteiger charge is 2.14. The van der Waals surface area contributed by atoms with Crippen LogP contribution in [0.2, 0.25) is 0 Å². The molecule has 0 aromatic rings. The minimum Gasteiger partial charge on any atom is -0.376 e. The number of methoxy groups -OCH3 is 1. The molecule has 0 aromatic carbocycles. The fraction of sp³-hybridized carbons (Fsp3) is 1.00. The minimum atomic E-state index is 0.315. The Kier molecular flexibility index (Phi) is 3.72. The van der Waals surface area contributed by atoms with Crippen molar-refractivity contribution in [3.05, 3.63) is 0 Å². The molecule has 0 radical (unpaired) electrons. The fourth-order valence-electron chi connectivity index (χ4n) is 1.04. The van der Waals surface area contributed by atoms with Crippen LogP contribution >= 0.6 is 0 Å². The first-order valence-electron chi connectivity index (χ1n) is 3.62. The molecule has 0 amide bonds. The quantitative estimate of drug-likeness (QED) is 0.433. The maximum atomic E-state index is 5.32. The lowest BCUT2D eigenvalue weighted by atomic mass is 10.2. The summed E-state index contributed by atoms with van der Waals surface area (Å²) in [6, 6.07) is 0. The van der Waals surface area contributed by atoms with Gasteiger partial charge in [-0.3, -0.25) is 0 Å². The van der Waals surface area contributed by atoms with Crippen molar-refractivity contribution in [1.29, 1.82) is 0 Å². The zero-order valence-corrected chi connectivity index (χ0v) is 6.34. The van der Waals surface area contributed by atoms with Crippen LogP contribution in [0.25, 0.3) is 0 Å². The summed E-state index contributed by atoms with van der Waals surface area (Å²) in [5.41, 5.74) is 0. The van der Waals surface area contributed by atoms with E-state index in [0.717, 1.165) is 13.0 Å². The number of ether oxygens (including phenoxy) is 3. The average Bonchev–Trinajstić information content (AvgIpc) is 2.41. The largest absolute Gasteiger partial charge is 0.376 e. The molecule has 0 spiro atoms. The van der Waals surface area contributed by atoms with Crippen LogP contribution < -0.4 is 0 Å². The predicted octanol–water partition coefficient (Wildman–Crippen LogP) is 0.786. The van der Waals surface area contributed by atoms with E-state index in [1.807, 2.05) is 0 Å². The summed E-state index contributed by atoms with van der Waals surface area (Å²) in [4.78, 5) is 0. The standard InChI is InChI=1S/C7H14O3/c1-8-6-9-5-7-3-2-4-10-7/h7H,2-6H2,1H3. The third kappa shape index (κ3) is 2.64. The number of hydrogen-bond donors (Lipinski definition) is 0. The Labute approximate surface area is 61.3 Å². The van der Waals surface area contributed by atoms with Gasteiger partial charge in [0.15, 0.2) is 0 Å². The highest BCUT2D eigenvalue weighted by molar-refractivity contribution is 4.62. The van der Waals surface area contributed by atoms with E-state index in [4.69, 9.17) is 14.2 Å². The molecule has 1 atom stereocenters. The molecule has 1 fully saturated rings. The van der Waals surface area contributed by atoms with E-state index in [2.05, 4.69) is 0 Å². The van der Waals surface area contributed by atoms with Crippen LogP contribution in [0, 0.1) is 0 Å². The molecule has 1 rings (SSSR count). The van der Waals surface area contributed by atoms with Gasteiger partial charge in [-0.05, 0) is 12.8 Å². The number of hydrogen-bond acceptors (Lipinski definition) is 3. The molecule has 3 nitrogen and oxygen atoms in total. The lowest BCUT2D eigenvalue weighted by molar-refractivity contribution is -0.0658. The van der Waals surface area contributed by atoms with Crippen LogP contribution in [-0.2, 0) is 14.2 Å².